The van der Waals surface area contributed by atoms with Crippen molar-refractivity contribution < 1.29 is 24.1 Å². The smallest absolute Gasteiger partial charge is 0.303 e. The van der Waals surface area contributed by atoms with Gasteiger partial charge in [-0.3, -0.25) is 4.79 Å². The van der Waals surface area contributed by atoms with E-state index in [1.807, 2.05) is 0 Å². The van der Waals surface area contributed by atoms with E-state index in [2.05, 4.69) is 6.92 Å². The van der Waals surface area contributed by atoms with E-state index in [1.165, 1.54) is 0 Å². The first kappa shape index (κ1) is 25.4. The van der Waals surface area contributed by atoms with Crippen molar-refractivity contribution in [3.63, 3.8) is 0 Å². The molecule has 0 aromatic carbocycles. The van der Waals surface area contributed by atoms with Gasteiger partial charge in [0.05, 0.1) is 18.3 Å². The largest absolute Gasteiger partial charge is 0.481 e. The van der Waals surface area contributed by atoms with Crippen LogP contribution in [0, 0.1) is 0 Å². The number of carbonyl (C=O) groups is 1. The van der Waals surface area contributed by atoms with Gasteiger partial charge in [0.1, 0.15) is 0 Å². The third-order valence-electron chi connectivity index (χ3n) is 5.23. The Morgan fingerprint density at radius 3 is 1.65 bits per heavy atom. The van der Waals surface area contributed by atoms with Gasteiger partial charge >= 0.3 is 5.97 Å². The van der Waals surface area contributed by atoms with E-state index in [0.717, 1.165) is 77.0 Å². The van der Waals surface area contributed by atoms with E-state index in [0.29, 0.717) is 24.7 Å². The molecule has 0 saturated heterocycles. The maximum absolute atomic E-state index is 10.5. The monoisotopic (exact) mass is 374 g/mol. The highest BCUT2D eigenvalue weighted by Crippen LogP contribution is 2.18. The second-order valence-electron chi connectivity index (χ2n) is 7.19. The predicted octanol–water partition coefficient (Wildman–Crippen LogP) is 5.21. The summed E-state index contributed by atoms with van der Waals surface area (Å²) < 4.78 is 16.7. The maximum Gasteiger partial charge on any atom is 0.303 e. The lowest BCUT2D eigenvalue weighted by molar-refractivity contribution is -0.137. The van der Waals surface area contributed by atoms with E-state index < -0.39 is 5.97 Å². The summed E-state index contributed by atoms with van der Waals surface area (Å²) in [7, 11) is 5.39. The quantitative estimate of drug-likeness (QED) is 0.315. The predicted molar refractivity (Wildman–Crippen MR) is 106 cm³/mol. The Morgan fingerprint density at radius 1 is 0.692 bits per heavy atom. The number of aliphatic carboxylic acids is 1. The number of hydrogen-bond acceptors (Lipinski definition) is 4. The van der Waals surface area contributed by atoms with Crippen molar-refractivity contribution in [2.24, 2.45) is 0 Å². The average molecular weight is 375 g/mol. The Morgan fingerprint density at radius 2 is 1.15 bits per heavy atom. The maximum atomic E-state index is 10.5. The molecule has 0 spiro atoms. The van der Waals surface area contributed by atoms with Gasteiger partial charge in [-0.2, -0.15) is 0 Å². The molecule has 0 fully saturated rings. The van der Waals surface area contributed by atoms with Gasteiger partial charge in [0.15, 0.2) is 0 Å². The molecule has 0 saturated carbocycles. The SMILES string of the molecule is CCC(CCCC(CCC(CCCCCCCC(=O)O)OC)OC)OC. The Labute approximate surface area is 160 Å². The van der Waals surface area contributed by atoms with Gasteiger partial charge in [-0.25, -0.2) is 0 Å². The van der Waals surface area contributed by atoms with Crippen LogP contribution in [0.4, 0.5) is 0 Å². The molecule has 26 heavy (non-hydrogen) atoms. The fourth-order valence-electron chi connectivity index (χ4n) is 3.37. The van der Waals surface area contributed by atoms with Crippen LogP contribution in [0.25, 0.3) is 0 Å². The third kappa shape index (κ3) is 14.5. The highest BCUT2D eigenvalue weighted by molar-refractivity contribution is 5.66. The number of unbranched alkanes of at least 4 members (excludes halogenated alkanes) is 4. The molecule has 0 aliphatic rings. The minimum Gasteiger partial charge on any atom is -0.481 e. The normalized spacial score (nSPS) is 14.9. The molecule has 3 atom stereocenters. The van der Waals surface area contributed by atoms with Crippen LogP contribution in [0.3, 0.4) is 0 Å². The van der Waals surface area contributed by atoms with E-state index >= 15 is 0 Å². The molecule has 0 aromatic heterocycles. The van der Waals surface area contributed by atoms with Crippen molar-refractivity contribution in [3.8, 4) is 0 Å². The molecule has 5 heteroatoms. The van der Waals surface area contributed by atoms with E-state index in [4.69, 9.17) is 19.3 Å². The first-order valence-corrected chi connectivity index (χ1v) is 10.4. The van der Waals surface area contributed by atoms with Crippen molar-refractivity contribution in [3.05, 3.63) is 0 Å². The molecule has 0 bridgehead atoms. The molecule has 1 N–H and O–H groups in total. The molecule has 0 aliphatic carbocycles. The Balaban J connectivity index is 3.80. The highest BCUT2D eigenvalue weighted by atomic mass is 16.5. The van der Waals surface area contributed by atoms with Crippen LogP contribution >= 0.6 is 0 Å². The number of rotatable bonds is 19. The molecule has 0 rings (SSSR count). The summed E-state index contributed by atoms with van der Waals surface area (Å²) in [6, 6.07) is 0. The summed E-state index contributed by atoms with van der Waals surface area (Å²) in [6.07, 6.45) is 14.0. The number of carboxylic acid groups (broad SMARTS) is 1. The van der Waals surface area contributed by atoms with Gasteiger partial charge in [-0.1, -0.05) is 32.6 Å². The molecular weight excluding hydrogens is 332 g/mol. The molecule has 0 aliphatic heterocycles. The molecule has 5 nitrogen and oxygen atoms in total. The zero-order chi connectivity index (χ0) is 19.6. The Hall–Kier alpha value is -0.650. The average Bonchev–Trinajstić information content (AvgIpc) is 2.64. The number of ether oxygens (including phenoxy) is 3. The second-order valence-corrected chi connectivity index (χ2v) is 7.19. The van der Waals surface area contributed by atoms with Gasteiger partial charge < -0.3 is 19.3 Å². The summed E-state index contributed by atoms with van der Waals surface area (Å²) in [6.45, 7) is 2.16. The third-order valence-corrected chi connectivity index (χ3v) is 5.23. The van der Waals surface area contributed by atoms with Gasteiger partial charge in [-0.05, 0) is 51.4 Å². The van der Waals surface area contributed by atoms with Crippen LogP contribution in [0.5, 0.6) is 0 Å². The Kier molecular flexibility index (Phi) is 17.3. The lowest BCUT2D eigenvalue weighted by atomic mass is 9.99. The topological polar surface area (TPSA) is 65.0 Å². The Bertz CT molecular complexity index is 318. The molecule has 0 amide bonds. The van der Waals surface area contributed by atoms with Crippen molar-refractivity contribution in [1.29, 1.82) is 0 Å². The van der Waals surface area contributed by atoms with Gasteiger partial charge in [0, 0.05) is 27.8 Å². The molecule has 156 valence electrons. The van der Waals surface area contributed by atoms with Crippen molar-refractivity contribution in [2.75, 3.05) is 21.3 Å². The van der Waals surface area contributed by atoms with E-state index in [9.17, 15) is 4.79 Å². The van der Waals surface area contributed by atoms with Crippen LogP contribution < -0.4 is 0 Å². The van der Waals surface area contributed by atoms with Crippen LogP contribution in [-0.2, 0) is 19.0 Å². The minimum atomic E-state index is -0.690. The molecule has 0 heterocycles. The fourth-order valence-corrected chi connectivity index (χ4v) is 3.37. The zero-order valence-corrected chi connectivity index (χ0v) is 17.5. The molecular formula is C21H42O5. The van der Waals surface area contributed by atoms with Gasteiger partial charge in [-0.15, -0.1) is 0 Å². The minimum absolute atomic E-state index is 0.294. The molecule has 0 aromatic rings. The van der Waals surface area contributed by atoms with Crippen LogP contribution in [0.15, 0.2) is 0 Å². The van der Waals surface area contributed by atoms with Crippen molar-refractivity contribution in [2.45, 2.75) is 109 Å². The lowest BCUT2D eigenvalue weighted by Crippen LogP contribution is -2.18. The van der Waals surface area contributed by atoms with Gasteiger partial charge in [0.25, 0.3) is 0 Å². The van der Waals surface area contributed by atoms with E-state index in [1.54, 1.807) is 21.3 Å². The molecule has 0 radical (unpaired) electrons. The van der Waals surface area contributed by atoms with E-state index in [-0.39, 0.29) is 0 Å². The first-order valence-electron chi connectivity index (χ1n) is 10.4. The first-order chi connectivity index (χ1) is 12.6. The number of hydrogen-bond donors (Lipinski definition) is 1. The number of methoxy groups -OCH3 is 3. The number of carboxylic acids is 1. The zero-order valence-electron chi connectivity index (χ0n) is 17.5. The lowest BCUT2D eigenvalue weighted by Gasteiger charge is -2.21. The summed E-state index contributed by atoms with van der Waals surface area (Å²) >= 11 is 0. The van der Waals surface area contributed by atoms with Crippen molar-refractivity contribution in [1.82, 2.24) is 0 Å². The summed E-state index contributed by atoms with van der Waals surface area (Å²) in [4.78, 5) is 10.5. The standard InChI is InChI=1S/C21H42O5/c1-5-18(24-2)13-11-14-20(26-4)17-16-19(25-3)12-9-7-6-8-10-15-21(22)23/h18-20H,5-17H2,1-4H3,(H,22,23). The van der Waals surface area contributed by atoms with Crippen LogP contribution in [-0.4, -0.2) is 50.7 Å². The summed E-state index contributed by atoms with van der Waals surface area (Å²) in [5.74, 6) is -0.690. The van der Waals surface area contributed by atoms with Crippen LogP contribution in [0.1, 0.15) is 90.4 Å². The highest BCUT2D eigenvalue weighted by Gasteiger charge is 2.14. The summed E-state index contributed by atoms with van der Waals surface area (Å²) in [5.41, 5.74) is 0. The van der Waals surface area contributed by atoms with Crippen LogP contribution in [0.2, 0.25) is 0 Å². The summed E-state index contributed by atoms with van der Waals surface area (Å²) in [5, 5.41) is 8.62. The fraction of sp³-hybridized carbons (Fsp3) is 0.952. The molecule has 3 unspecified atom stereocenters. The second kappa shape index (κ2) is 17.7. The van der Waals surface area contributed by atoms with Crippen molar-refractivity contribution >= 4 is 5.97 Å². The van der Waals surface area contributed by atoms with Gasteiger partial charge in [0.2, 0.25) is 0 Å².